The van der Waals surface area contributed by atoms with Gasteiger partial charge in [-0.1, -0.05) is 78.9 Å². The normalized spacial score (nSPS) is 10.6. The quantitative estimate of drug-likeness (QED) is 0.315. The van der Waals surface area contributed by atoms with Gasteiger partial charge in [-0.25, -0.2) is 4.98 Å². The fourth-order valence-corrected chi connectivity index (χ4v) is 3.55. The second kappa shape index (κ2) is 9.58. The number of aromatic nitrogens is 4. The molecular weight excluding hydrogens is 415 g/mol. The van der Waals surface area contributed by atoms with Crippen molar-refractivity contribution in [3.63, 3.8) is 0 Å². The number of para-hydroxylation sites is 1. The van der Waals surface area contributed by atoms with Crippen molar-refractivity contribution in [3.8, 4) is 23.0 Å². The molecule has 3 aromatic carbocycles. The maximum Gasteiger partial charge on any atom is 1.00 e. The Morgan fingerprint density at radius 2 is 1.68 bits per heavy atom. The Morgan fingerprint density at radius 3 is 2.55 bits per heavy atom. The zero-order chi connectivity index (χ0) is 20.3. The van der Waals surface area contributed by atoms with E-state index in [0.717, 1.165) is 27.9 Å². The van der Waals surface area contributed by atoms with Crippen LogP contribution >= 0.6 is 12.2 Å². The summed E-state index contributed by atoms with van der Waals surface area (Å²) >= 11 is 5.46. The number of nitrogens with zero attached hydrogens (tertiary/aromatic N) is 4. The van der Waals surface area contributed by atoms with Gasteiger partial charge in [0.2, 0.25) is 0 Å². The van der Waals surface area contributed by atoms with Gasteiger partial charge in [-0.05, 0) is 35.5 Å². The van der Waals surface area contributed by atoms with E-state index < -0.39 is 0 Å². The molecule has 31 heavy (non-hydrogen) atoms. The van der Waals surface area contributed by atoms with Crippen LogP contribution in [-0.4, -0.2) is 14.6 Å². The van der Waals surface area contributed by atoms with Crippen molar-refractivity contribution in [1.82, 2.24) is 19.7 Å². The summed E-state index contributed by atoms with van der Waals surface area (Å²) in [6, 6.07) is 29.7. The van der Waals surface area contributed by atoms with Gasteiger partial charge in [0.05, 0.1) is 17.0 Å². The van der Waals surface area contributed by atoms with Crippen LogP contribution in [0, 0.1) is 4.77 Å². The predicted molar refractivity (Wildman–Crippen MR) is 119 cm³/mol. The molecule has 2 heterocycles. The van der Waals surface area contributed by atoms with E-state index in [0.29, 0.717) is 22.9 Å². The van der Waals surface area contributed by atoms with Crippen molar-refractivity contribution >= 4 is 23.1 Å². The Labute approximate surface area is 207 Å². The van der Waals surface area contributed by atoms with Gasteiger partial charge in [-0.3, -0.25) is 5.10 Å². The van der Waals surface area contributed by atoms with Crippen LogP contribution in [-0.2, 0) is 6.61 Å². The van der Waals surface area contributed by atoms with E-state index in [4.69, 9.17) is 21.9 Å². The summed E-state index contributed by atoms with van der Waals surface area (Å²) in [5.41, 5.74) is 3.56. The summed E-state index contributed by atoms with van der Waals surface area (Å²) in [5.74, 6) is 1.35. The van der Waals surface area contributed by atoms with Gasteiger partial charge in [0.1, 0.15) is 12.4 Å². The van der Waals surface area contributed by atoms with Gasteiger partial charge in [0, 0.05) is 10.2 Å². The third-order valence-corrected chi connectivity index (χ3v) is 5.05. The van der Waals surface area contributed by atoms with Gasteiger partial charge >= 0.3 is 29.6 Å². The van der Waals surface area contributed by atoms with Crippen LogP contribution in [0.15, 0.2) is 91.0 Å². The van der Waals surface area contributed by atoms with Crippen molar-refractivity contribution in [3.05, 3.63) is 101 Å². The fraction of sp³-hybridized carbons (Fsp3) is 0.0417. The Kier molecular flexibility index (Phi) is 6.63. The fourth-order valence-electron chi connectivity index (χ4n) is 3.31. The molecule has 0 amide bonds. The van der Waals surface area contributed by atoms with Gasteiger partial charge in [0.25, 0.3) is 0 Å². The van der Waals surface area contributed by atoms with Crippen LogP contribution in [0.5, 0.6) is 5.75 Å². The second-order valence-electron chi connectivity index (χ2n) is 6.80. The Bertz CT molecular complexity index is 1380. The van der Waals surface area contributed by atoms with Crippen molar-refractivity contribution in [2.45, 2.75) is 6.61 Å². The number of rotatable bonds is 5. The van der Waals surface area contributed by atoms with E-state index in [9.17, 15) is 0 Å². The standard InChI is InChI=1S/C24H18N4OS.Na/c30-24-27-26-23(22-14-13-18-9-4-5-12-21(18)25-22)28(24)19-10-6-11-20(15-19)29-16-17-7-2-1-3-8-17;/h1-15H,16H2,(H,25,27,30);/q;+1/p-1. The monoisotopic (exact) mass is 432 g/mol. The van der Waals surface area contributed by atoms with Crippen molar-refractivity contribution in [2.24, 2.45) is 0 Å². The van der Waals surface area contributed by atoms with Crippen LogP contribution < -0.4 is 39.4 Å². The average molecular weight is 432 g/mol. The van der Waals surface area contributed by atoms with Gasteiger partial charge in [-0.2, -0.15) is 0 Å². The maximum absolute atomic E-state index is 5.97. The molecule has 0 unspecified atom stereocenters. The summed E-state index contributed by atoms with van der Waals surface area (Å²) in [4.78, 5) is 4.74. The van der Waals surface area contributed by atoms with Crippen molar-refractivity contribution in [2.75, 3.05) is 0 Å². The van der Waals surface area contributed by atoms with Crippen molar-refractivity contribution < 1.29 is 34.3 Å². The number of hydrogen-bond acceptors (Lipinski definition) is 4. The largest absolute Gasteiger partial charge is 1.00 e. The molecule has 7 heteroatoms. The topological polar surface area (TPSA) is 54.0 Å². The summed E-state index contributed by atoms with van der Waals surface area (Å²) in [6.07, 6.45) is 0. The molecule has 0 aliphatic carbocycles. The molecule has 0 saturated heterocycles. The van der Waals surface area contributed by atoms with Crippen molar-refractivity contribution in [1.29, 1.82) is 0 Å². The Balaban J connectivity index is 0.00000231. The number of pyridine rings is 1. The molecule has 0 radical (unpaired) electrons. The molecule has 0 atom stereocenters. The van der Waals surface area contributed by atoms with E-state index in [1.807, 2.05) is 95.6 Å². The molecule has 5 aromatic rings. The van der Waals surface area contributed by atoms with E-state index in [1.165, 1.54) is 0 Å². The molecular formula is C24H17N4NaOS. The minimum absolute atomic E-state index is 0. The minimum Gasteiger partial charge on any atom is -0.489 e. The molecule has 2 aromatic heterocycles. The van der Waals surface area contributed by atoms with Crippen LogP contribution in [0.2, 0.25) is 0 Å². The number of benzene rings is 3. The first-order chi connectivity index (χ1) is 14.8. The Hall–Kier alpha value is -2.77. The molecule has 0 saturated carbocycles. The average Bonchev–Trinajstić information content (AvgIpc) is 3.19. The van der Waals surface area contributed by atoms with Gasteiger partial charge < -0.3 is 14.4 Å². The zero-order valence-electron chi connectivity index (χ0n) is 17.0. The third kappa shape index (κ3) is 4.62. The molecule has 0 aliphatic rings. The van der Waals surface area contributed by atoms with E-state index in [-0.39, 0.29) is 29.6 Å². The first-order valence-electron chi connectivity index (χ1n) is 9.54. The first kappa shape index (κ1) is 21.5. The molecule has 0 spiro atoms. The number of ether oxygens (including phenoxy) is 1. The summed E-state index contributed by atoms with van der Waals surface area (Å²) in [5, 5.41) is 9.49. The van der Waals surface area contributed by atoms with Gasteiger partial charge in [0.15, 0.2) is 0 Å². The van der Waals surface area contributed by atoms with Crippen LogP contribution in [0.25, 0.3) is 28.1 Å². The van der Waals surface area contributed by atoms with Crippen LogP contribution in [0.1, 0.15) is 5.56 Å². The Morgan fingerprint density at radius 1 is 0.871 bits per heavy atom. The molecule has 0 aliphatic heterocycles. The van der Waals surface area contributed by atoms with Crippen LogP contribution in [0.4, 0.5) is 0 Å². The predicted octanol–water partition coefficient (Wildman–Crippen LogP) is 2.36. The molecule has 5 rings (SSSR count). The zero-order valence-corrected chi connectivity index (χ0v) is 19.8. The molecule has 0 fully saturated rings. The maximum atomic E-state index is 5.97. The molecule has 0 N–H and O–H groups in total. The third-order valence-electron chi connectivity index (χ3n) is 4.79. The number of fused-ring (bicyclic) bond motifs is 1. The SMILES string of the molecule is S=c1[n-]nc(-c2ccc3ccccc3n2)n1-c1cccc(OCc2ccccc2)c1.[Na+]. The van der Waals surface area contributed by atoms with Crippen LogP contribution in [0.3, 0.4) is 0 Å². The smallest absolute Gasteiger partial charge is 0.489 e. The van der Waals surface area contributed by atoms with E-state index in [2.05, 4.69) is 10.2 Å². The molecule has 146 valence electrons. The minimum atomic E-state index is 0. The number of hydrogen-bond donors (Lipinski definition) is 0. The molecule has 5 nitrogen and oxygen atoms in total. The molecule has 0 bridgehead atoms. The van der Waals surface area contributed by atoms with E-state index >= 15 is 0 Å². The summed E-state index contributed by atoms with van der Waals surface area (Å²) < 4.78 is 8.17. The van der Waals surface area contributed by atoms with Gasteiger partial charge in [-0.15, -0.1) is 0 Å². The van der Waals surface area contributed by atoms with E-state index in [1.54, 1.807) is 0 Å². The second-order valence-corrected chi connectivity index (χ2v) is 7.17. The first-order valence-corrected chi connectivity index (χ1v) is 9.94. The summed E-state index contributed by atoms with van der Waals surface area (Å²) in [7, 11) is 0. The summed E-state index contributed by atoms with van der Waals surface area (Å²) in [6.45, 7) is 0.492.